The molecule has 0 aliphatic carbocycles. The van der Waals surface area contributed by atoms with Crippen molar-refractivity contribution >= 4 is 38.4 Å². The topological polar surface area (TPSA) is 68.0 Å². The van der Waals surface area contributed by atoms with Crippen molar-refractivity contribution in [3.05, 3.63) is 34.9 Å². The number of carbonyl (C=O) groups excluding carboxylic acids is 1. The predicted molar refractivity (Wildman–Crippen MR) is 85.5 cm³/mol. The number of benzene rings is 1. The highest BCUT2D eigenvalue weighted by atomic mass is 79.9. The van der Waals surface area contributed by atoms with Gasteiger partial charge in [0.1, 0.15) is 0 Å². The molecule has 0 aliphatic rings. The van der Waals surface area contributed by atoms with E-state index in [-0.39, 0.29) is 17.7 Å². The second kappa shape index (κ2) is 6.33. The maximum atomic E-state index is 12.3. The summed E-state index contributed by atoms with van der Waals surface area (Å²) in [6, 6.07) is 7.69. The molecule has 1 unspecified atom stereocenters. The molecule has 0 aliphatic heterocycles. The van der Waals surface area contributed by atoms with Crippen LogP contribution in [0.15, 0.2) is 34.9 Å². The Hall–Kier alpha value is -1.46. The van der Waals surface area contributed by atoms with Gasteiger partial charge in [0.05, 0.1) is 17.1 Å². The van der Waals surface area contributed by atoms with E-state index in [0.717, 1.165) is 21.1 Å². The summed E-state index contributed by atoms with van der Waals surface area (Å²) in [5.74, 6) is -0.0440. The van der Waals surface area contributed by atoms with E-state index in [9.17, 15) is 4.79 Å². The maximum Gasteiger partial charge on any atom is 0.229 e. The van der Waals surface area contributed by atoms with E-state index in [0.29, 0.717) is 6.54 Å². The number of nitrogens with two attached hydrogens (primary N) is 1. The number of nitrogens with one attached hydrogen (secondary N) is 1. The summed E-state index contributed by atoms with van der Waals surface area (Å²) in [7, 11) is 0. The molecule has 1 aromatic heterocycles. The number of para-hydroxylation sites is 1. The summed E-state index contributed by atoms with van der Waals surface area (Å²) in [4.78, 5) is 16.6. The molecule has 20 heavy (non-hydrogen) atoms. The number of anilines is 1. The van der Waals surface area contributed by atoms with Crippen molar-refractivity contribution < 1.29 is 4.79 Å². The number of carbonyl (C=O) groups is 1. The molecule has 0 radical (unpaired) electrons. The number of amides is 1. The molecule has 1 aromatic carbocycles. The zero-order valence-corrected chi connectivity index (χ0v) is 13.1. The van der Waals surface area contributed by atoms with E-state index >= 15 is 0 Å². The van der Waals surface area contributed by atoms with Crippen LogP contribution in [0.1, 0.15) is 13.8 Å². The molecule has 1 heterocycles. The lowest BCUT2D eigenvalue weighted by Crippen LogP contribution is -2.33. The van der Waals surface area contributed by atoms with E-state index in [4.69, 9.17) is 5.73 Å². The Morgan fingerprint density at radius 2 is 2.20 bits per heavy atom. The predicted octanol–water partition coefficient (Wildman–Crippen LogP) is 3.17. The summed E-state index contributed by atoms with van der Waals surface area (Å²) in [6.07, 6.45) is 1.72. The van der Waals surface area contributed by atoms with Crippen molar-refractivity contribution in [1.29, 1.82) is 0 Å². The molecule has 2 aromatic rings. The SMILES string of the molecule is CC(C)C(CN)C(=O)Nc1cccc2cc(Br)cnc12. The molecule has 0 spiro atoms. The first-order valence-corrected chi connectivity index (χ1v) is 7.37. The molecular formula is C15H18BrN3O. The van der Waals surface area contributed by atoms with Crippen LogP contribution in [0.3, 0.4) is 0 Å². The van der Waals surface area contributed by atoms with E-state index < -0.39 is 0 Å². The van der Waals surface area contributed by atoms with E-state index in [1.54, 1.807) is 6.20 Å². The zero-order valence-electron chi connectivity index (χ0n) is 11.6. The first kappa shape index (κ1) is 14.9. The van der Waals surface area contributed by atoms with Gasteiger partial charge in [-0.3, -0.25) is 9.78 Å². The van der Waals surface area contributed by atoms with Crippen molar-refractivity contribution in [1.82, 2.24) is 4.98 Å². The van der Waals surface area contributed by atoms with Crippen LogP contribution in [-0.2, 0) is 4.79 Å². The third-order valence-corrected chi connectivity index (χ3v) is 3.76. The Kier molecular flexibility index (Phi) is 4.73. The number of aromatic nitrogens is 1. The van der Waals surface area contributed by atoms with Crippen molar-refractivity contribution in [3.63, 3.8) is 0 Å². The molecule has 106 valence electrons. The number of halogens is 1. The number of nitrogens with zero attached hydrogens (tertiary/aromatic N) is 1. The zero-order chi connectivity index (χ0) is 14.7. The van der Waals surface area contributed by atoms with Crippen LogP contribution in [0.25, 0.3) is 10.9 Å². The molecule has 5 heteroatoms. The lowest BCUT2D eigenvalue weighted by atomic mass is 9.95. The van der Waals surface area contributed by atoms with Crippen LogP contribution in [0.5, 0.6) is 0 Å². The number of fused-ring (bicyclic) bond motifs is 1. The summed E-state index contributed by atoms with van der Waals surface area (Å²) >= 11 is 3.39. The molecule has 3 N–H and O–H groups in total. The van der Waals surface area contributed by atoms with Crippen LogP contribution < -0.4 is 11.1 Å². The van der Waals surface area contributed by atoms with Gasteiger partial charge in [0.25, 0.3) is 0 Å². The highest BCUT2D eigenvalue weighted by Crippen LogP contribution is 2.24. The average Bonchev–Trinajstić information content (AvgIpc) is 2.38. The Balaban J connectivity index is 2.32. The van der Waals surface area contributed by atoms with Gasteiger partial charge in [-0.1, -0.05) is 26.0 Å². The highest BCUT2D eigenvalue weighted by Gasteiger charge is 2.21. The second-order valence-electron chi connectivity index (χ2n) is 5.11. The monoisotopic (exact) mass is 335 g/mol. The van der Waals surface area contributed by atoms with Gasteiger partial charge in [0.2, 0.25) is 5.91 Å². The molecule has 0 saturated carbocycles. The Morgan fingerprint density at radius 1 is 1.45 bits per heavy atom. The van der Waals surface area contributed by atoms with Gasteiger partial charge >= 0.3 is 0 Å². The quantitative estimate of drug-likeness (QED) is 0.901. The van der Waals surface area contributed by atoms with Gasteiger partial charge in [0.15, 0.2) is 0 Å². The molecule has 2 rings (SSSR count). The second-order valence-corrected chi connectivity index (χ2v) is 6.02. The van der Waals surface area contributed by atoms with Gasteiger partial charge in [-0.25, -0.2) is 0 Å². The van der Waals surface area contributed by atoms with E-state index in [1.165, 1.54) is 0 Å². The van der Waals surface area contributed by atoms with Gasteiger partial charge in [-0.05, 0) is 34.0 Å². The van der Waals surface area contributed by atoms with Gasteiger partial charge < -0.3 is 11.1 Å². The van der Waals surface area contributed by atoms with E-state index in [2.05, 4.69) is 26.2 Å². The normalized spacial score (nSPS) is 12.7. The minimum absolute atomic E-state index is 0.0558. The lowest BCUT2D eigenvalue weighted by molar-refractivity contribution is -0.120. The average molecular weight is 336 g/mol. The first-order chi connectivity index (χ1) is 9.52. The highest BCUT2D eigenvalue weighted by molar-refractivity contribution is 9.10. The van der Waals surface area contributed by atoms with Crippen molar-refractivity contribution in [2.75, 3.05) is 11.9 Å². The number of pyridine rings is 1. The number of rotatable bonds is 4. The molecule has 1 atom stereocenters. The minimum atomic E-state index is -0.194. The Labute approximate surface area is 126 Å². The third-order valence-electron chi connectivity index (χ3n) is 3.33. The number of hydrogen-bond donors (Lipinski definition) is 2. The largest absolute Gasteiger partial charge is 0.330 e. The first-order valence-electron chi connectivity index (χ1n) is 6.58. The molecule has 0 fully saturated rings. The summed E-state index contributed by atoms with van der Waals surface area (Å²) < 4.78 is 0.912. The molecule has 0 saturated heterocycles. The van der Waals surface area contributed by atoms with Crippen molar-refractivity contribution in [3.8, 4) is 0 Å². The molecule has 1 amide bonds. The molecule has 4 nitrogen and oxygen atoms in total. The summed E-state index contributed by atoms with van der Waals surface area (Å²) in [6.45, 7) is 4.33. The van der Waals surface area contributed by atoms with Gasteiger partial charge in [0, 0.05) is 22.6 Å². The van der Waals surface area contributed by atoms with Crippen molar-refractivity contribution in [2.45, 2.75) is 13.8 Å². The smallest absolute Gasteiger partial charge is 0.229 e. The molecule has 0 bridgehead atoms. The lowest BCUT2D eigenvalue weighted by Gasteiger charge is -2.18. The van der Waals surface area contributed by atoms with Crippen LogP contribution in [0.2, 0.25) is 0 Å². The van der Waals surface area contributed by atoms with Crippen LogP contribution in [0, 0.1) is 11.8 Å². The molecular weight excluding hydrogens is 318 g/mol. The summed E-state index contributed by atoms with van der Waals surface area (Å²) in [5, 5.41) is 3.92. The van der Waals surface area contributed by atoms with Crippen LogP contribution >= 0.6 is 15.9 Å². The van der Waals surface area contributed by atoms with Crippen LogP contribution in [-0.4, -0.2) is 17.4 Å². The maximum absolute atomic E-state index is 12.3. The number of hydrogen-bond acceptors (Lipinski definition) is 3. The minimum Gasteiger partial charge on any atom is -0.330 e. The van der Waals surface area contributed by atoms with Gasteiger partial charge in [-0.15, -0.1) is 0 Å². The fraction of sp³-hybridized carbons (Fsp3) is 0.333. The van der Waals surface area contributed by atoms with Gasteiger partial charge in [-0.2, -0.15) is 0 Å². The third kappa shape index (κ3) is 3.16. The summed E-state index contributed by atoms with van der Waals surface area (Å²) in [5.41, 5.74) is 7.18. The Bertz CT molecular complexity index is 628. The standard InChI is InChI=1S/C15H18BrN3O/c1-9(2)12(7-17)15(20)19-13-5-3-4-10-6-11(16)8-18-14(10)13/h3-6,8-9,12H,7,17H2,1-2H3,(H,19,20). The van der Waals surface area contributed by atoms with Crippen molar-refractivity contribution in [2.24, 2.45) is 17.6 Å². The van der Waals surface area contributed by atoms with Crippen LogP contribution in [0.4, 0.5) is 5.69 Å². The fourth-order valence-electron chi connectivity index (χ4n) is 2.14. The Morgan fingerprint density at radius 3 is 2.85 bits per heavy atom. The van der Waals surface area contributed by atoms with E-state index in [1.807, 2.05) is 38.1 Å². The fourth-order valence-corrected chi connectivity index (χ4v) is 2.49.